The molecular weight excluding hydrogens is 272 g/mol. The smallest absolute Gasteiger partial charge is 0.267 e. The molecule has 2 aromatic rings. The molecule has 0 saturated carbocycles. The summed E-state index contributed by atoms with van der Waals surface area (Å²) in [4.78, 5) is 11.9. The zero-order chi connectivity index (χ0) is 14.5. The summed E-state index contributed by atoms with van der Waals surface area (Å²) in [6.45, 7) is 3.98. The quantitative estimate of drug-likeness (QED) is 0.678. The highest BCUT2D eigenvalue weighted by atomic mass is 35.5. The van der Waals surface area contributed by atoms with Crippen LogP contribution < -0.4 is 5.43 Å². The van der Waals surface area contributed by atoms with E-state index < -0.39 is 0 Å². The standard InChI is InChI=1S/C16H15ClN2O/c1-11-6-7-14(8-12(11)2)16(20)19-18-10-13-4-3-5-15(17)9-13/h3-10H,1-2H3,(H,19,20)/b18-10+. The van der Waals surface area contributed by atoms with E-state index in [1.807, 2.05) is 38.1 Å². The number of carbonyl (C=O) groups excluding carboxylic acids is 1. The van der Waals surface area contributed by atoms with Crippen LogP contribution in [0.1, 0.15) is 27.0 Å². The lowest BCUT2D eigenvalue weighted by Crippen LogP contribution is -2.17. The molecule has 0 heterocycles. The largest absolute Gasteiger partial charge is 0.271 e. The van der Waals surface area contributed by atoms with Gasteiger partial charge in [-0.15, -0.1) is 0 Å². The number of hydrazone groups is 1. The summed E-state index contributed by atoms with van der Waals surface area (Å²) in [7, 11) is 0. The fraction of sp³-hybridized carbons (Fsp3) is 0.125. The lowest BCUT2D eigenvalue weighted by molar-refractivity contribution is 0.0955. The van der Waals surface area contributed by atoms with E-state index in [0.717, 1.165) is 16.7 Å². The van der Waals surface area contributed by atoms with Gasteiger partial charge in [0.15, 0.2) is 0 Å². The molecule has 1 amide bonds. The van der Waals surface area contributed by atoms with Crippen LogP contribution in [0.25, 0.3) is 0 Å². The molecule has 0 atom stereocenters. The Hall–Kier alpha value is -2.13. The number of amides is 1. The minimum atomic E-state index is -0.230. The average molecular weight is 287 g/mol. The maximum absolute atomic E-state index is 11.9. The maximum atomic E-state index is 11.9. The van der Waals surface area contributed by atoms with E-state index >= 15 is 0 Å². The topological polar surface area (TPSA) is 41.5 Å². The Morgan fingerprint density at radius 2 is 1.95 bits per heavy atom. The summed E-state index contributed by atoms with van der Waals surface area (Å²) in [5, 5.41) is 4.56. The van der Waals surface area contributed by atoms with E-state index in [0.29, 0.717) is 10.6 Å². The number of halogens is 1. The van der Waals surface area contributed by atoms with E-state index in [9.17, 15) is 4.79 Å². The van der Waals surface area contributed by atoms with Crippen molar-refractivity contribution < 1.29 is 4.79 Å². The summed E-state index contributed by atoms with van der Waals surface area (Å²) in [6.07, 6.45) is 1.56. The number of hydrogen-bond acceptors (Lipinski definition) is 2. The van der Waals surface area contributed by atoms with Crippen molar-refractivity contribution in [2.24, 2.45) is 5.10 Å². The summed E-state index contributed by atoms with van der Waals surface area (Å²) >= 11 is 5.87. The molecule has 0 aliphatic rings. The third kappa shape index (κ3) is 3.68. The molecule has 1 N–H and O–H groups in total. The predicted octanol–water partition coefficient (Wildman–Crippen LogP) is 3.72. The zero-order valence-corrected chi connectivity index (χ0v) is 12.1. The van der Waals surface area contributed by atoms with E-state index in [-0.39, 0.29) is 5.91 Å². The van der Waals surface area contributed by atoms with Crippen LogP contribution in [-0.2, 0) is 0 Å². The Morgan fingerprint density at radius 1 is 1.15 bits per heavy atom. The SMILES string of the molecule is Cc1ccc(C(=O)N/N=C/c2cccc(Cl)c2)cc1C. The van der Waals surface area contributed by atoms with Gasteiger partial charge in [0.05, 0.1) is 6.21 Å². The Morgan fingerprint density at radius 3 is 2.65 bits per heavy atom. The number of benzene rings is 2. The van der Waals surface area contributed by atoms with Crippen molar-refractivity contribution in [3.8, 4) is 0 Å². The fourth-order valence-electron chi connectivity index (χ4n) is 1.70. The molecule has 0 aromatic heterocycles. The lowest BCUT2D eigenvalue weighted by atomic mass is 10.1. The average Bonchev–Trinajstić information content (AvgIpc) is 2.42. The minimum absolute atomic E-state index is 0.230. The van der Waals surface area contributed by atoms with Crippen LogP contribution in [0.2, 0.25) is 5.02 Å². The van der Waals surface area contributed by atoms with Crippen molar-refractivity contribution >= 4 is 23.7 Å². The zero-order valence-electron chi connectivity index (χ0n) is 11.4. The number of nitrogens with one attached hydrogen (secondary N) is 1. The van der Waals surface area contributed by atoms with Gasteiger partial charge in [0.1, 0.15) is 0 Å². The molecule has 0 unspecified atom stereocenters. The fourth-order valence-corrected chi connectivity index (χ4v) is 1.90. The summed E-state index contributed by atoms with van der Waals surface area (Å²) in [6, 6.07) is 12.8. The first-order valence-corrected chi connectivity index (χ1v) is 6.60. The number of hydrogen-bond donors (Lipinski definition) is 1. The van der Waals surface area contributed by atoms with Gasteiger partial charge in [0, 0.05) is 10.6 Å². The van der Waals surface area contributed by atoms with Crippen LogP contribution >= 0.6 is 11.6 Å². The molecule has 3 nitrogen and oxygen atoms in total. The van der Waals surface area contributed by atoms with E-state index in [1.54, 1.807) is 24.4 Å². The highest BCUT2D eigenvalue weighted by Gasteiger charge is 2.04. The van der Waals surface area contributed by atoms with Crippen molar-refractivity contribution in [3.63, 3.8) is 0 Å². The van der Waals surface area contributed by atoms with Crippen LogP contribution in [0, 0.1) is 13.8 Å². The predicted molar refractivity (Wildman–Crippen MR) is 82.4 cm³/mol. The molecule has 0 bridgehead atoms. The van der Waals surface area contributed by atoms with E-state index in [4.69, 9.17) is 11.6 Å². The van der Waals surface area contributed by atoms with E-state index in [1.165, 1.54) is 0 Å². The van der Waals surface area contributed by atoms with Gasteiger partial charge >= 0.3 is 0 Å². The normalized spacial score (nSPS) is 10.8. The summed E-state index contributed by atoms with van der Waals surface area (Å²) < 4.78 is 0. The number of nitrogens with zero attached hydrogens (tertiary/aromatic N) is 1. The van der Waals surface area contributed by atoms with Crippen molar-refractivity contribution in [1.29, 1.82) is 0 Å². The number of carbonyl (C=O) groups is 1. The second kappa shape index (κ2) is 6.35. The molecule has 20 heavy (non-hydrogen) atoms. The monoisotopic (exact) mass is 286 g/mol. The summed E-state index contributed by atoms with van der Waals surface area (Å²) in [5.41, 5.74) is 6.16. The van der Waals surface area contributed by atoms with Crippen LogP contribution in [0.4, 0.5) is 0 Å². The van der Waals surface area contributed by atoms with Crippen LogP contribution in [-0.4, -0.2) is 12.1 Å². The molecule has 0 saturated heterocycles. The lowest BCUT2D eigenvalue weighted by Gasteiger charge is -2.03. The molecule has 0 radical (unpaired) electrons. The Kier molecular flexibility index (Phi) is 4.53. The van der Waals surface area contributed by atoms with Gasteiger partial charge in [-0.25, -0.2) is 5.43 Å². The highest BCUT2D eigenvalue weighted by molar-refractivity contribution is 6.30. The van der Waals surface area contributed by atoms with Gasteiger partial charge in [0.25, 0.3) is 5.91 Å². The second-order valence-corrected chi connectivity index (χ2v) is 4.99. The van der Waals surface area contributed by atoms with Gasteiger partial charge in [-0.2, -0.15) is 5.10 Å². The first-order valence-electron chi connectivity index (χ1n) is 6.22. The first-order chi connectivity index (χ1) is 9.56. The van der Waals surface area contributed by atoms with Crippen LogP contribution in [0.5, 0.6) is 0 Å². The molecule has 0 aliphatic heterocycles. The number of rotatable bonds is 3. The van der Waals surface area contributed by atoms with Crippen LogP contribution in [0.3, 0.4) is 0 Å². The Labute approximate surface area is 123 Å². The highest BCUT2D eigenvalue weighted by Crippen LogP contribution is 2.10. The molecule has 0 spiro atoms. The molecule has 0 fully saturated rings. The van der Waals surface area contributed by atoms with Crippen molar-refractivity contribution in [2.45, 2.75) is 13.8 Å². The number of aryl methyl sites for hydroxylation is 2. The van der Waals surface area contributed by atoms with Gasteiger partial charge in [0.2, 0.25) is 0 Å². The Bertz CT molecular complexity index is 665. The summed E-state index contributed by atoms with van der Waals surface area (Å²) in [5.74, 6) is -0.230. The van der Waals surface area contributed by atoms with Gasteiger partial charge < -0.3 is 0 Å². The minimum Gasteiger partial charge on any atom is -0.267 e. The van der Waals surface area contributed by atoms with Gasteiger partial charge in [-0.1, -0.05) is 29.8 Å². The molecule has 4 heteroatoms. The van der Waals surface area contributed by atoms with Crippen LogP contribution in [0.15, 0.2) is 47.6 Å². The van der Waals surface area contributed by atoms with Crippen molar-refractivity contribution in [2.75, 3.05) is 0 Å². The van der Waals surface area contributed by atoms with Gasteiger partial charge in [-0.3, -0.25) is 4.79 Å². The molecular formula is C16H15ClN2O. The molecule has 2 rings (SSSR count). The van der Waals surface area contributed by atoms with Crippen molar-refractivity contribution in [3.05, 3.63) is 69.7 Å². The first kappa shape index (κ1) is 14.3. The van der Waals surface area contributed by atoms with Gasteiger partial charge in [-0.05, 0) is 54.8 Å². The third-order valence-corrected chi connectivity index (χ3v) is 3.23. The second-order valence-electron chi connectivity index (χ2n) is 4.55. The van der Waals surface area contributed by atoms with E-state index in [2.05, 4.69) is 10.5 Å². The molecule has 102 valence electrons. The molecule has 2 aromatic carbocycles. The van der Waals surface area contributed by atoms with Crippen molar-refractivity contribution in [1.82, 2.24) is 5.43 Å². The Balaban J connectivity index is 2.03. The maximum Gasteiger partial charge on any atom is 0.271 e. The molecule has 0 aliphatic carbocycles. The third-order valence-electron chi connectivity index (χ3n) is 3.00.